The highest BCUT2D eigenvalue weighted by molar-refractivity contribution is 7.19. The molecule has 0 saturated carbocycles. The maximum Gasteiger partial charge on any atom is 0.309 e. The Hall–Kier alpha value is -3.00. The van der Waals surface area contributed by atoms with Crippen LogP contribution in [0.3, 0.4) is 0 Å². The van der Waals surface area contributed by atoms with Crippen LogP contribution in [0.25, 0.3) is 10.2 Å². The third-order valence-electron chi connectivity index (χ3n) is 5.75. The van der Waals surface area contributed by atoms with Gasteiger partial charge in [-0.1, -0.05) is 0 Å². The number of thiophene rings is 1. The van der Waals surface area contributed by atoms with E-state index >= 15 is 0 Å². The second kappa shape index (κ2) is 8.26. The number of carbonyl (C=O) groups excluding carboxylic acids is 1. The molecule has 0 fully saturated rings. The van der Waals surface area contributed by atoms with Gasteiger partial charge in [0.05, 0.1) is 36.8 Å². The van der Waals surface area contributed by atoms with Crippen LogP contribution in [0, 0.1) is 5.92 Å². The predicted octanol–water partition coefficient (Wildman–Crippen LogP) is 4.43. The van der Waals surface area contributed by atoms with Gasteiger partial charge in [0.15, 0.2) is 0 Å². The van der Waals surface area contributed by atoms with Gasteiger partial charge < -0.3 is 14.8 Å². The smallest absolute Gasteiger partial charge is 0.309 e. The highest BCUT2D eigenvalue weighted by Gasteiger charge is 2.30. The Morgan fingerprint density at radius 3 is 3.00 bits per heavy atom. The van der Waals surface area contributed by atoms with E-state index < -0.39 is 0 Å². The van der Waals surface area contributed by atoms with Crippen molar-refractivity contribution in [1.82, 2.24) is 9.97 Å². The fraction of sp³-hybridized carbons (Fsp3) is 0.391. The number of anilines is 2. The summed E-state index contributed by atoms with van der Waals surface area (Å²) in [6.45, 7) is 5.51. The molecule has 1 aliphatic heterocycles. The number of benzene rings is 1. The molecule has 31 heavy (non-hydrogen) atoms. The molecule has 0 bridgehead atoms. The summed E-state index contributed by atoms with van der Waals surface area (Å²) in [5.41, 5.74) is 4.37. The molecule has 1 unspecified atom stereocenters. The third-order valence-corrected chi connectivity index (χ3v) is 6.91. The van der Waals surface area contributed by atoms with Crippen molar-refractivity contribution in [3.63, 3.8) is 0 Å². The number of nitrogens with one attached hydrogen (secondary N) is 1. The fourth-order valence-electron chi connectivity index (χ4n) is 4.30. The van der Waals surface area contributed by atoms with Crippen LogP contribution < -0.4 is 10.1 Å². The summed E-state index contributed by atoms with van der Waals surface area (Å²) in [6.07, 6.45) is 5.79. The summed E-state index contributed by atoms with van der Waals surface area (Å²) < 4.78 is 11.1. The standard InChI is InChI=1S/C23H24N4O3S/c1-3-29-18-8-15-11-24-10-14(15)7-17(18)27-21-20-16-6-5-13(23(28)30-4-2)9-19(16)31-22(20)26-12-25-21/h7-8,10,12-13H,3-6,9,11H2,1-2H3,(H,25,26,27). The average molecular weight is 437 g/mol. The van der Waals surface area contributed by atoms with E-state index in [1.807, 2.05) is 20.1 Å². The number of hydrogen-bond acceptors (Lipinski definition) is 8. The van der Waals surface area contributed by atoms with Gasteiger partial charge in [-0.3, -0.25) is 9.79 Å². The van der Waals surface area contributed by atoms with E-state index in [-0.39, 0.29) is 11.9 Å². The molecule has 7 nitrogen and oxygen atoms in total. The number of nitrogens with zero attached hydrogens (tertiary/aromatic N) is 3. The number of aliphatic imine (C=N–C) groups is 1. The molecule has 1 N–H and O–H groups in total. The molecule has 2 aromatic heterocycles. The van der Waals surface area contributed by atoms with Gasteiger partial charge in [-0.25, -0.2) is 9.97 Å². The normalized spacial score (nSPS) is 16.8. The molecule has 3 aromatic rings. The van der Waals surface area contributed by atoms with Gasteiger partial charge in [-0.05, 0) is 61.9 Å². The van der Waals surface area contributed by atoms with Gasteiger partial charge in [0, 0.05) is 11.1 Å². The Morgan fingerprint density at radius 1 is 1.26 bits per heavy atom. The Balaban J connectivity index is 1.51. The van der Waals surface area contributed by atoms with Crippen molar-refractivity contribution < 1.29 is 14.3 Å². The van der Waals surface area contributed by atoms with Gasteiger partial charge >= 0.3 is 5.97 Å². The van der Waals surface area contributed by atoms with Gasteiger partial charge in [-0.15, -0.1) is 11.3 Å². The molecule has 160 valence electrons. The third kappa shape index (κ3) is 3.65. The maximum absolute atomic E-state index is 12.2. The second-order valence-electron chi connectivity index (χ2n) is 7.67. The Morgan fingerprint density at radius 2 is 2.16 bits per heavy atom. The van der Waals surface area contributed by atoms with Gasteiger partial charge in [0.25, 0.3) is 0 Å². The quantitative estimate of drug-likeness (QED) is 0.575. The first-order chi connectivity index (χ1) is 15.2. The van der Waals surface area contributed by atoms with Crippen LogP contribution in [0.5, 0.6) is 5.75 Å². The van der Waals surface area contributed by atoms with E-state index in [0.717, 1.165) is 45.9 Å². The van der Waals surface area contributed by atoms with E-state index in [4.69, 9.17) is 9.47 Å². The van der Waals surface area contributed by atoms with Crippen LogP contribution >= 0.6 is 11.3 Å². The van der Waals surface area contributed by atoms with E-state index in [1.54, 1.807) is 17.7 Å². The highest BCUT2D eigenvalue weighted by Crippen LogP contribution is 2.42. The number of rotatable bonds is 6. The number of carbonyl (C=O) groups is 1. The lowest BCUT2D eigenvalue weighted by Gasteiger charge is -2.21. The van der Waals surface area contributed by atoms with E-state index in [9.17, 15) is 4.79 Å². The van der Waals surface area contributed by atoms with Crippen molar-refractivity contribution >= 4 is 45.2 Å². The minimum Gasteiger partial charge on any atom is -0.492 e. The summed E-state index contributed by atoms with van der Waals surface area (Å²) in [7, 11) is 0. The highest BCUT2D eigenvalue weighted by atomic mass is 32.1. The van der Waals surface area contributed by atoms with E-state index in [0.29, 0.717) is 26.2 Å². The minimum atomic E-state index is -0.101. The van der Waals surface area contributed by atoms with Gasteiger partial charge in [-0.2, -0.15) is 0 Å². The molecule has 1 atom stereocenters. The molecule has 0 spiro atoms. The van der Waals surface area contributed by atoms with Gasteiger partial charge in [0.2, 0.25) is 0 Å². The predicted molar refractivity (Wildman–Crippen MR) is 122 cm³/mol. The molecular formula is C23H24N4O3S. The minimum absolute atomic E-state index is 0.0783. The molecular weight excluding hydrogens is 412 g/mol. The topological polar surface area (TPSA) is 85.7 Å². The van der Waals surface area contributed by atoms with Crippen molar-refractivity contribution in [3.8, 4) is 5.75 Å². The van der Waals surface area contributed by atoms with Crippen LogP contribution in [-0.2, 0) is 28.9 Å². The maximum atomic E-state index is 12.2. The van der Waals surface area contributed by atoms with Crippen molar-refractivity contribution in [3.05, 3.63) is 40.0 Å². The second-order valence-corrected chi connectivity index (χ2v) is 8.76. The molecule has 0 saturated heterocycles. The van der Waals surface area contributed by atoms with Crippen molar-refractivity contribution in [2.75, 3.05) is 18.5 Å². The Bertz CT molecular complexity index is 1190. The van der Waals surface area contributed by atoms with Crippen molar-refractivity contribution in [2.24, 2.45) is 10.9 Å². The number of ether oxygens (including phenoxy) is 2. The molecule has 8 heteroatoms. The lowest BCUT2D eigenvalue weighted by molar-refractivity contribution is -0.148. The number of esters is 1. The summed E-state index contributed by atoms with van der Waals surface area (Å²) in [4.78, 5) is 27.8. The van der Waals surface area contributed by atoms with Crippen molar-refractivity contribution in [1.29, 1.82) is 0 Å². The first-order valence-corrected chi connectivity index (χ1v) is 11.5. The number of aryl methyl sites for hydroxylation is 1. The lowest BCUT2D eigenvalue weighted by atomic mass is 9.88. The molecule has 2 aliphatic rings. The molecule has 5 rings (SSSR count). The zero-order valence-corrected chi connectivity index (χ0v) is 18.4. The number of hydrogen-bond donors (Lipinski definition) is 1. The monoisotopic (exact) mass is 436 g/mol. The summed E-state index contributed by atoms with van der Waals surface area (Å²) in [5.74, 6) is 1.39. The largest absolute Gasteiger partial charge is 0.492 e. The van der Waals surface area contributed by atoms with Crippen LogP contribution in [0.15, 0.2) is 23.5 Å². The Labute approximate surface area is 184 Å². The SMILES string of the molecule is CCOC(=O)C1CCc2c(sc3ncnc(Nc4cc5c(cc4OCC)CN=C5)c23)C1. The zero-order valence-electron chi connectivity index (χ0n) is 17.6. The van der Waals surface area contributed by atoms with Crippen molar-refractivity contribution in [2.45, 2.75) is 39.7 Å². The average Bonchev–Trinajstić information content (AvgIpc) is 3.37. The Kier molecular flexibility index (Phi) is 5.31. The number of fused-ring (bicyclic) bond motifs is 4. The summed E-state index contributed by atoms with van der Waals surface area (Å²) in [5, 5.41) is 4.54. The van der Waals surface area contributed by atoms with E-state index in [2.05, 4.69) is 32.4 Å². The molecule has 3 heterocycles. The summed E-state index contributed by atoms with van der Waals surface area (Å²) in [6, 6.07) is 4.12. The number of aromatic nitrogens is 2. The summed E-state index contributed by atoms with van der Waals surface area (Å²) >= 11 is 1.65. The zero-order chi connectivity index (χ0) is 21.4. The molecule has 1 aliphatic carbocycles. The van der Waals surface area contributed by atoms with Crippen LogP contribution in [0.2, 0.25) is 0 Å². The van der Waals surface area contributed by atoms with Crippen LogP contribution in [-0.4, -0.2) is 35.4 Å². The lowest BCUT2D eigenvalue weighted by Crippen LogP contribution is -2.23. The van der Waals surface area contributed by atoms with Gasteiger partial charge in [0.1, 0.15) is 22.7 Å². The van der Waals surface area contributed by atoms with Crippen LogP contribution in [0.1, 0.15) is 41.8 Å². The van der Waals surface area contributed by atoms with E-state index in [1.165, 1.54) is 16.0 Å². The first kappa shape index (κ1) is 19.9. The molecule has 0 amide bonds. The molecule has 1 aromatic carbocycles. The van der Waals surface area contributed by atoms with Crippen LogP contribution in [0.4, 0.5) is 11.5 Å². The fourth-order valence-corrected chi connectivity index (χ4v) is 5.57. The molecule has 0 radical (unpaired) electrons. The first-order valence-electron chi connectivity index (χ1n) is 10.7.